The van der Waals surface area contributed by atoms with Gasteiger partial charge >= 0.3 is 6.09 Å². The van der Waals surface area contributed by atoms with E-state index in [-0.39, 0.29) is 47.2 Å². The molecule has 0 aromatic heterocycles. The molecular formula is C35H42ClFN4O6S. The number of halogens is 2. The molecule has 4 N–H and O–H groups in total. The predicted molar refractivity (Wildman–Crippen MR) is 182 cm³/mol. The van der Waals surface area contributed by atoms with E-state index in [0.29, 0.717) is 31.0 Å². The first-order valence-electron chi connectivity index (χ1n) is 16.1. The highest BCUT2D eigenvalue weighted by molar-refractivity contribution is 7.89. The Hall–Kier alpha value is -3.55. The van der Waals surface area contributed by atoms with Gasteiger partial charge in [-0.2, -0.15) is 4.31 Å². The maximum absolute atomic E-state index is 15.5. The molecule has 0 aliphatic carbocycles. The number of carbonyl (C=O) groups is 2. The Morgan fingerprint density at radius 1 is 1.02 bits per heavy atom. The van der Waals surface area contributed by atoms with Gasteiger partial charge in [-0.3, -0.25) is 4.79 Å². The van der Waals surface area contributed by atoms with Gasteiger partial charge in [0.1, 0.15) is 11.9 Å². The number of rotatable bonds is 10. The zero-order chi connectivity index (χ0) is 34.6. The number of carboxylic acid groups (broad SMARTS) is 1. The van der Waals surface area contributed by atoms with Gasteiger partial charge in [0.05, 0.1) is 17.1 Å². The Bertz CT molecular complexity index is 1700. The zero-order valence-corrected chi connectivity index (χ0v) is 28.7. The number of piperazine rings is 1. The van der Waals surface area contributed by atoms with Gasteiger partial charge < -0.3 is 25.8 Å². The van der Waals surface area contributed by atoms with Crippen molar-refractivity contribution in [2.75, 3.05) is 18.4 Å². The first kappa shape index (κ1) is 35.7. The molecule has 0 bridgehead atoms. The van der Waals surface area contributed by atoms with Crippen molar-refractivity contribution in [1.29, 1.82) is 0 Å². The molecule has 0 spiro atoms. The van der Waals surface area contributed by atoms with Crippen molar-refractivity contribution in [1.82, 2.24) is 14.9 Å². The van der Waals surface area contributed by atoms with Crippen LogP contribution in [-0.4, -0.2) is 73.3 Å². The van der Waals surface area contributed by atoms with Gasteiger partial charge in [0, 0.05) is 46.9 Å². The quantitative estimate of drug-likeness (QED) is 0.217. The fourth-order valence-electron chi connectivity index (χ4n) is 7.42. The van der Waals surface area contributed by atoms with Crippen LogP contribution in [0.4, 0.5) is 14.9 Å². The van der Waals surface area contributed by atoms with Gasteiger partial charge in [-0.1, -0.05) is 48.0 Å². The minimum atomic E-state index is -3.84. The van der Waals surface area contributed by atoms with Gasteiger partial charge in [-0.15, -0.1) is 0 Å². The Kier molecular flexibility index (Phi) is 11.1. The molecule has 2 heterocycles. The third-order valence-electron chi connectivity index (χ3n) is 9.31. The summed E-state index contributed by atoms with van der Waals surface area (Å²) in [6.45, 7) is 6.43. The van der Waals surface area contributed by atoms with Gasteiger partial charge in [0.25, 0.3) is 0 Å². The summed E-state index contributed by atoms with van der Waals surface area (Å²) >= 11 is 6.19. The maximum Gasteiger partial charge on any atom is 0.405 e. The van der Waals surface area contributed by atoms with E-state index in [0.717, 1.165) is 5.56 Å². The summed E-state index contributed by atoms with van der Waals surface area (Å²) in [5, 5.41) is 19.0. The molecule has 10 nitrogen and oxygen atoms in total. The fourth-order valence-corrected chi connectivity index (χ4v) is 9.41. The molecule has 2 aliphatic heterocycles. The number of nitrogens with zero attached hydrogens (tertiary/aromatic N) is 1. The second-order valence-corrected chi connectivity index (χ2v) is 15.1. The van der Waals surface area contributed by atoms with Crippen molar-refractivity contribution in [3.8, 4) is 0 Å². The number of benzene rings is 3. The topological polar surface area (TPSA) is 137 Å². The normalized spacial score (nSPS) is 25.6. The van der Waals surface area contributed by atoms with Crippen molar-refractivity contribution in [2.45, 2.75) is 87.1 Å². The molecule has 5 rings (SSSR count). The fraction of sp³-hybridized carbons (Fsp3) is 0.429. The second-order valence-electron chi connectivity index (χ2n) is 12.8. The first-order valence-corrected chi connectivity index (χ1v) is 17.9. The number of ether oxygens (including phenoxy) is 1. The highest BCUT2D eigenvalue weighted by Gasteiger charge is 2.50. The van der Waals surface area contributed by atoms with E-state index < -0.39 is 45.3 Å². The average Bonchev–Trinajstić information content (AvgIpc) is 3.03. The summed E-state index contributed by atoms with van der Waals surface area (Å²) in [6, 6.07) is 17.4. The first-order chi connectivity index (χ1) is 22.8. The van der Waals surface area contributed by atoms with Crippen LogP contribution in [0.15, 0.2) is 77.7 Å². The largest absolute Gasteiger partial charge is 0.465 e. The van der Waals surface area contributed by atoms with E-state index in [4.69, 9.17) is 16.3 Å². The van der Waals surface area contributed by atoms with Crippen LogP contribution in [0.3, 0.4) is 0 Å². The number of carbonyl (C=O) groups excluding carboxylic acids is 1. The highest BCUT2D eigenvalue weighted by Crippen LogP contribution is 2.43. The smallest absolute Gasteiger partial charge is 0.405 e. The second kappa shape index (κ2) is 14.9. The summed E-state index contributed by atoms with van der Waals surface area (Å²) in [7, 11) is -3.84. The van der Waals surface area contributed by atoms with Crippen LogP contribution in [0.5, 0.6) is 0 Å². The molecule has 2 aliphatic rings. The molecule has 1 unspecified atom stereocenters. The number of hydrogen-bond donors (Lipinski definition) is 4. The number of sulfonamides is 1. The molecule has 3 aromatic carbocycles. The Balaban J connectivity index is 1.45. The third kappa shape index (κ3) is 7.68. The van der Waals surface area contributed by atoms with Crippen LogP contribution in [0.25, 0.3) is 0 Å². The molecule has 3 aromatic rings. The van der Waals surface area contributed by atoms with Crippen molar-refractivity contribution >= 4 is 39.3 Å². The monoisotopic (exact) mass is 700 g/mol. The predicted octanol–water partition coefficient (Wildman–Crippen LogP) is 5.56. The molecule has 48 heavy (non-hydrogen) atoms. The van der Waals surface area contributed by atoms with E-state index >= 15 is 4.39 Å². The molecule has 0 radical (unpaired) electrons. The summed E-state index contributed by atoms with van der Waals surface area (Å²) < 4.78 is 50.5. The molecule has 2 fully saturated rings. The van der Waals surface area contributed by atoms with E-state index in [9.17, 15) is 23.1 Å². The Morgan fingerprint density at radius 2 is 1.69 bits per heavy atom. The lowest BCUT2D eigenvalue weighted by Crippen LogP contribution is -2.60. The van der Waals surface area contributed by atoms with Gasteiger partial charge in [0.2, 0.25) is 15.9 Å². The van der Waals surface area contributed by atoms with Crippen LogP contribution >= 0.6 is 11.6 Å². The number of anilines is 1. The van der Waals surface area contributed by atoms with Crippen LogP contribution < -0.4 is 16.0 Å². The number of nitrogens with one attached hydrogen (secondary N) is 3. The summed E-state index contributed by atoms with van der Waals surface area (Å²) in [5.74, 6) is -1.22. The van der Waals surface area contributed by atoms with E-state index in [2.05, 4.69) is 16.0 Å². The minimum Gasteiger partial charge on any atom is -0.465 e. The standard InChI is InChI=1S/C35H42ClFN4O6S/c1-22-20-38-21-27(41(22)48(45,46)28-8-5-4-6-9-28)16-17-29-30(37)10-7-11-31(29)39-33(42)32(40-34(43)44)35(18-23(2)47-24(3)19-35)25-12-14-26(36)15-13-25/h4-15,22-24,27,32,38,40H,16-21H2,1-3H3,(H,39,42)(H,43,44)/t22-,23-,24+,27-,32+,35?/m0/s1. The summed E-state index contributed by atoms with van der Waals surface area (Å²) in [4.78, 5) is 26.6. The molecule has 13 heteroatoms. The molecule has 0 saturated carbocycles. The molecule has 258 valence electrons. The molecule has 2 amide bonds. The van der Waals surface area contributed by atoms with E-state index in [1.54, 1.807) is 60.7 Å². The van der Waals surface area contributed by atoms with Crippen molar-refractivity contribution in [3.63, 3.8) is 0 Å². The molecule has 2 saturated heterocycles. The number of amides is 2. The summed E-state index contributed by atoms with van der Waals surface area (Å²) in [5.41, 5.74) is 0.102. The minimum absolute atomic E-state index is 0.115. The van der Waals surface area contributed by atoms with Crippen molar-refractivity contribution in [2.24, 2.45) is 0 Å². The van der Waals surface area contributed by atoms with Crippen LogP contribution in [0, 0.1) is 5.82 Å². The zero-order valence-electron chi connectivity index (χ0n) is 27.2. The van der Waals surface area contributed by atoms with E-state index in [1.165, 1.54) is 16.4 Å². The van der Waals surface area contributed by atoms with Gasteiger partial charge in [-0.25, -0.2) is 17.6 Å². The Labute approximate surface area is 286 Å². The van der Waals surface area contributed by atoms with Crippen molar-refractivity contribution in [3.05, 3.63) is 94.8 Å². The molecular weight excluding hydrogens is 659 g/mol. The van der Waals surface area contributed by atoms with Gasteiger partial charge in [0.15, 0.2) is 0 Å². The average molecular weight is 701 g/mol. The lowest BCUT2D eigenvalue weighted by Gasteiger charge is -2.47. The lowest BCUT2D eigenvalue weighted by molar-refractivity contribution is -0.124. The molecule has 6 atom stereocenters. The lowest BCUT2D eigenvalue weighted by atomic mass is 9.65. The van der Waals surface area contributed by atoms with Crippen LogP contribution in [-0.2, 0) is 31.4 Å². The summed E-state index contributed by atoms with van der Waals surface area (Å²) in [6.07, 6.45) is -0.899. The van der Waals surface area contributed by atoms with Crippen LogP contribution in [0.1, 0.15) is 51.2 Å². The van der Waals surface area contributed by atoms with E-state index in [1.807, 2.05) is 20.8 Å². The SMILES string of the molecule is C[C@@H]1CC(c2ccc(Cl)cc2)([C@H](NC(=O)O)C(=O)Nc2cccc(F)c2CC[C@H]2CNC[C@H](C)N2S(=O)(=O)c2ccccc2)C[C@H](C)O1. The Morgan fingerprint density at radius 3 is 2.33 bits per heavy atom. The highest BCUT2D eigenvalue weighted by atomic mass is 35.5. The van der Waals surface area contributed by atoms with Crippen molar-refractivity contribution < 1.29 is 32.2 Å². The number of hydrogen-bond acceptors (Lipinski definition) is 6. The third-order valence-corrected chi connectivity index (χ3v) is 11.6. The maximum atomic E-state index is 15.5. The van der Waals surface area contributed by atoms with Crippen LogP contribution in [0.2, 0.25) is 5.02 Å². The van der Waals surface area contributed by atoms with Gasteiger partial charge in [-0.05, 0) is 88.4 Å².